The number of hydrogen-bond donors (Lipinski definition) is 0. The summed E-state index contributed by atoms with van der Waals surface area (Å²) in [4.78, 5) is 14.2. The zero-order chi connectivity index (χ0) is 13.8. The van der Waals surface area contributed by atoms with Crippen molar-refractivity contribution in [3.05, 3.63) is 34.1 Å². The summed E-state index contributed by atoms with van der Waals surface area (Å²) >= 11 is 3.30. The van der Waals surface area contributed by atoms with E-state index in [1.807, 2.05) is 6.92 Å². The second-order valence-electron chi connectivity index (χ2n) is 4.63. The van der Waals surface area contributed by atoms with Crippen molar-refractivity contribution in [1.29, 1.82) is 0 Å². The van der Waals surface area contributed by atoms with Crippen molar-refractivity contribution in [1.82, 2.24) is 4.90 Å². The second-order valence-corrected chi connectivity index (χ2v) is 5.48. The van der Waals surface area contributed by atoms with Gasteiger partial charge in [-0.3, -0.25) is 4.79 Å². The van der Waals surface area contributed by atoms with Gasteiger partial charge in [0.15, 0.2) is 0 Å². The van der Waals surface area contributed by atoms with Gasteiger partial charge in [0, 0.05) is 24.2 Å². The minimum absolute atomic E-state index is 0.0683. The van der Waals surface area contributed by atoms with Crippen LogP contribution in [0.25, 0.3) is 0 Å². The molecule has 1 amide bonds. The Morgan fingerprint density at radius 3 is 3.11 bits per heavy atom. The molecule has 0 saturated carbocycles. The summed E-state index contributed by atoms with van der Waals surface area (Å²) in [6.07, 6.45) is 1.75. The first-order chi connectivity index (χ1) is 9.11. The van der Waals surface area contributed by atoms with E-state index in [0.29, 0.717) is 29.7 Å². The molecule has 1 aromatic carbocycles. The highest BCUT2D eigenvalue weighted by Gasteiger charge is 2.24. The maximum atomic E-state index is 13.3. The van der Waals surface area contributed by atoms with E-state index in [9.17, 15) is 9.18 Å². The van der Waals surface area contributed by atoms with Crippen LogP contribution in [0.5, 0.6) is 0 Å². The van der Waals surface area contributed by atoms with E-state index >= 15 is 0 Å². The topological polar surface area (TPSA) is 29.5 Å². The molecular weight excluding hydrogens is 313 g/mol. The number of halogens is 2. The number of carbonyl (C=O) groups excluding carboxylic acids is 1. The Bertz CT molecular complexity index is 467. The zero-order valence-corrected chi connectivity index (χ0v) is 12.5. The zero-order valence-electron chi connectivity index (χ0n) is 10.9. The van der Waals surface area contributed by atoms with Gasteiger partial charge in [0.25, 0.3) is 5.91 Å². The molecule has 1 heterocycles. The van der Waals surface area contributed by atoms with E-state index in [1.54, 1.807) is 11.0 Å². The third-order valence-corrected chi connectivity index (χ3v) is 3.94. The van der Waals surface area contributed by atoms with E-state index in [0.717, 1.165) is 12.8 Å². The molecule has 5 heteroatoms. The van der Waals surface area contributed by atoms with Gasteiger partial charge >= 0.3 is 0 Å². The third kappa shape index (κ3) is 3.54. The summed E-state index contributed by atoms with van der Waals surface area (Å²) in [5.74, 6) is -0.542. The Hall–Kier alpha value is -0.940. The van der Waals surface area contributed by atoms with Crippen LogP contribution in [0.2, 0.25) is 0 Å². The summed E-state index contributed by atoms with van der Waals surface area (Å²) < 4.78 is 19.5. The number of ether oxygens (including phenoxy) is 1. The van der Waals surface area contributed by atoms with Crippen molar-refractivity contribution in [2.45, 2.75) is 25.9 Å². The van der Waals surface area contributed by atoms with Crippen LogP contribution < -0.4 is 0 Å². The third-order valence-electron chi connectivity index (χ3n) is 3.25. The Kier molecular flexibility index (Phi) is 4.93. The Morgan fingerprint density at radius 2 is 2.37 bits per heavy atom. The smallest absolute Gasteiger partial charge is 0.255 e. The number of carbonyl (C=O) groups is 1. The van der Waals surface area contributed by atoms with Crippen LogP contribution in [0.3, 0.4) is 0 Å². The Labute approximate surface area is 120 Å². The molecule has 0 aliphatic carbocycles. The Morgan fingerprint density at radius 1 is 1.58 bits per heavy atom. The first kappa shape index (κ1) is 14.5. The van der Waals surface area contributed by atoms with Gasteiger partial charge in [-0.2, -0.15) is 0 Å². The summed E-state index contributed by atoms with van der Waals surface area (Å²) in [7, 11) is 0. The minimum Gasteiger partial charge on any atom is -0.376 e. The van der Waals surface area contributed by atoms with Gasteiger partial charge in [-0.1, -0.05) is 6.92 Å². The molecule has 1 fully saturated rings. The van der Waals surface area contributed by atoms with Crippen molar-refractivity contribution in [2.24, 2.45) is 0 Å². The lowest BCUT2D eigenvalue weighted by Crippen LogP contribution is -2.36. The van der Waals surface area contributed by atoms with Crippen molar-refractivity contribution in [3.63, 3.8) is 0 Å². The van der Waals surface area contributed by atoms with Crippen molar-refractivity contribution in [3.8, 4) is 0 Å². The maximum absolute atomic E-state index is 13.3. The fraction of sp³-hybridized carbons (Fsp3) is 0.500. The van der Waals surface area contributed by atoms with Crippen LogP contribution in [0, 0.1) is 5.82 Å². The summed E-state index contributed by atoms with van der Waals surface area (Å²) in [5.41, 5.74) is 0.372. The largest absolute Gasteiger partial charge is 0.376 e. The molecule has 0 aromatic heterocycles. The molecule has 1 aromatic rings. The van der Waals surface area contributed by atoms with E-state index in [-0.39, 0.29) is 12.0 Å². The lowest BCUT2D eigenvalue weighted by Gasteiger charge is -2.23. The lowest BCUT2D eigenvalue weighted by atomic mass is 10.1. The van der Waals surface area contributed by atoms with E-state index in [4.69, 9.17) is 4.74 Å². The Balaban J connectivity index is 2.19. The highest BCUT2D eigenvalue weighted by Crippen LogP contribution is 2.21. The average molecular weight is 330 g/mol. The van der Waals surface area contributed by atoms with E-state index in [2.05, 4.69) is 15.9 Å². The molecule has 0 N–H and O–H groups in total. The maximum Gasteiger partial charge on any atom is 0.255 e. The number of hydrogen-bond acceptors (Lipinski definition) is 2. The first-order valence-electron chi connectivity index (χ1n) is 6.47. The molecular formula is C14H17BrFNO2. The van der Waals surface area contributed by atoms with Crippen molar-refractivity contribution >= 4 is 21.8 Å². The number of rotatable bonds is 2. The second kappa shape index (κ2) is 6.48. The predicted octanol–water partition coefficient (Wildman–Crippen LogP) is 3.23. The highest BCUT2D eigenvalue weighted by molar-refractivity contribution is 9.10. The summed E-state index contributed by atoms with van der Waals surface area (Å²) in [5, 5.41) is 0. The van der Waals surface area contributed by atoms with Gasteiger partial charge < -0.3 is 9.64 Å². The molecule has 1 unspecified atom stereocenters. The van der Waals surface area contributed by atoms with Gasteiger partial charge in [-0.25, -0.2) is 4.39 Å². The fourth-order valence-corrected chi connectivity index (χ4v) is 2.57. The first-order valence-corrected chi connectivity index (χ1v) is 7.27. The highest BCUT2D eigenvalue weighted by atomic mass is 79.9. The standard InChI is InChI=1S/C14H17BrFNO2/c1-2-11-9-17(6-3-7-19-11)14(18)12-8-10(16)4-5-13(12)15/h4-5,8,11H,2-3,6-7,9H2,1H3. The van der Waals surface area contributed by atoms with Crippen LogP contribution in [-0.4, -0.2) is 36.6 Å². The van der Waals surface area contributed by atoms with E-state index in [1.165, 1.54) is 12.1 Å². The molecule has 3 nitrogen and oxygen atoms in total. The monoisotopic (exact) mass is 329 g/mol. The SMILES string of the molecule is CCC1CN(C(=O)c2cc(F)ccc2Br)CCCO1. The van der Waals surface area contributed by atoms with Gasteiger partial charge in [-0.15, -0.1) is 0 Å². The van der Waals surface area contributed by atoms with Gasteiger partial charge in [-0.05, 0) is 47.0 Å². The normalized spacial score (nSPS) is 20.2. The van der Waals surface area contributed by atoms with E-state index < -0.39 is 5.82 Å². The number of nitrogens with zero attached hydrogens (tertiary/aromatic N) is 1. The molecule has 0 radical (unpaired) electrons. The summed E-state index contributed by atoms with van der Waals surface area (Å²) in [6.45, 7) is 3.93. The summed E-state index contributed by atoms with van der Waals surface area (Å²) in [6, 6.07) is 4.18. The van der Waals surface area contributed by atoms with Crippen LogP contribution in [0.4, 0.5) is 4.39 Å². The van der Waals surface area contributed by atoms with Crippen LogP contribution >= 0.6 is 15.9 Å². The van der Waals surface area contributed by atoms with Gasteiger partial charge in [0.1, 0.15) is 5.82 Å². The molecule has 1 aliphatic rings. The molecule has 0 spiro atoms. The average Bonchev–Trinajstić information content (AvgIpc) is 2.66. The molecule has 1 aliphatic heterocycles. The van der Waals surface area contributed by atoms with Crippen molar-refractivity contribution in [2.75, 3.05) is 19.7 Å². The van der Waals surface area contributed by atoms with Gasteiger partial charge in [0.05, 0.1) is 11.7 Å². The van der Waals surface area contributed by atoms with Crippen LogP contribution in [0.15, 0.2) is 22.7 Å². The molecule has 104 valence electrons. The van der Waals surface area contributed by atoms with Crippen molar-refractivity contribution < 1.29 is 13.9 Å². The molecule has 1 saturated heterocycles. The molecule has 19 heavy (non-hydrogen) atoms. The molecule has 2 rings (SSSR count). The van der Waals surface area contributed by atoms with Crippen LogP contribution in [0.1, 0.15) is 30.1 Å². The fourth-order valence-electron chi connectivity index (χ4n) is 2.16. The number of amides is 1. The predicted molar refractivity (Wildman–Crippen MR) is 74.7 cm³/mol. The molecule has 1 atom stereocenters. The number of benzene rings is 1. The quantitative estimate of drug-likeness (QED) is 0.833. The van der Waals surface area contributed by atoms with Gasteiger partial charge in [0.2, 0.25) is 0 Å². The molecule has 0 bridgehead atoms. The minimum atomic E-state index is -0.398. The lowest BCUT2D eigenvalue weighted by molar-refractivity contribution is 0.0459. The van der Waals surface area contributed by atoms with Crippen LogP contribution in [-0.2, 0) is 4.74 Å².